The van der Waals surface area contributed by atoms with Gasteiger partial charge < -0.3 is 0 Å². The zero-order valence-corrected chi connectivity index (χ0v) is 16.0. The van der Waals surface area contributed by atoms with E-state index in [4.69, 9.17) is 0 Å². The second-order valence-corrected chi connectivity index (χ2v) is 10.5. The molecule has 4 rings (SSSR count). The summed E-state index contributed by atoms with van der Waals surface area (Å²) in [6.07, 6.45) is 18.5. The summed E-state index contributed by atoms with van der Waals surface area (Å²) >= 11 is 0. The topological polar surface area (TPSA) is 0 Å². The lowest BCUT2D eigenvalue weighted by Crippen LogP contribution is -2.39. The van der Waals surface area contributed by atoms with Gasteiger partial charge in [0.05, 0.1) is 0 Å². The van der Waals surface area contributed by atoms with E-state index in [1.165, 1.54) is 44.9 Å². The molecule has 0 saturated heterocycles. The van der Waals surface area contributed by atoms with Crippen molar-refractivity contribution in [2.45, 2.75) is 97.8 Å². The van der Waals surface area contributed by atoms with Crippen LogP contribution < -0.4 is 0 Å². The first-order valence-corrected chi connectivity index (χ1v) is 11.1. The van der Waals surface area contributed by atoms with Gasteiger partial charge in [-0.05, 0) is 85.4 Å². The summed E-state index contributed by atoms with van der Waals surface area (Å²) in [5.74, 6) is 7.49. The molecule has 132 valence electrons. The average Bonchev–Trinajstić information content (AvgIpc) is 2.94. The highest BCUT2D eigenvalue weighted by atomic mass is 14.6. The summed E-state index contributed by atoms with van der Waals surface area (Å²) in [5, 5.41) is 0. The molecule has 0 nitrogen and oxygen atoms in total. The summed E-state index contributed by atoms with van der Waals surface area (Å²) in [6, 6.07) is 0. The van der Waals surface area contributed by atoms with E-state index in [-0.39, 0.29) is 0 Å². The zero-order chi connectivity index (χ0) is 16.0. The van der Waals surface area contributed by atoms with E-state index in [0.717, 1.165) is 41.4 Å². The molecule has 0 aromatic rings. The van der Waals surface area contributed by atoms with Crippen molar-refractivity contribution < 1.29 is 0 Å². The van der Waals surface area contributed by atoms with Crippen molar-refractivity contribution in [3.63, 3.8) is 0 Å². The molecule has 0 bridgehead atoms. The molecule has 0 spiro atoms. The first-order valence-electron chi connectivity index (χ1n) is 11.1. The van der Waals surface area contributed by atoms with Gasteiger partial charge in [-0.1, -0.05) is 59.3 Å². The number of hydrogen-bond acceptors (Lipinski definition) is 0. The lowest BCUT2D eigenvalue weighted by Gasteiger charge is -2.48. The smallest absolute Gasteiger partial charge is 0.0298 e. The van der Waals surface area contributed by atoms with Crippen LogP contribution >= 0.6 is 0 Å². The van der Waals surface area contributed by atoms with Gasteiger partial charge in [-0.3, -0.25) is 0 Å². The highest BCUT2D eigenvalue weighted by Crippen LogP contribution is 2.59. The Morgan fingerprint density at radius 3 is 2.30 bits per heavy atom. The van der Waals surface area contributed by atoms with Gasteiger partial charge in [0.25, 0.3) is 0 Å². The Balaban J connectivity index is 1.48. The normalized spacial score (nSPS) is 47.6. The van der Waals surface area contributed by atoms with Crippen molar-refractivity contribution in [2.75, 3.05) is 0 Å². The minimum Gasteiger partial charge on any atom is -0.0622 e. The SMILES string of the molecule is CC1CC(C(C)C2(C)CCCCC2)CC2C1CC1CCCCC12. The molecule has 0 aliphatic heterocycles. The summed E-state index contributed by atoms with van der Waals surface area (Å²) in [6.45, 7) is 7.92. The fourth-order valence-electron chi connectivity index (χ4n) is 7.83. The molecule has 23 heavy (non-hydrogen) atoms. The van der Waals surface area contributed by atoms with Crippen LogP contribution in [0.1, 0.15) is 97.8 Å². The minimum atomic E-state index is 0.667. The Morgan fingerprint density at radius 2 is 1.52 bits per heavy atom. The largest absolute Gasteiger partial charge is 0.0622 e. The molecule has 7 atom stereocenters. The van der Waals surface area contributed by atoms with Gasteiger partial charge in [0, 0.05) is 0 Å². The van der Waals surface area contributed by atoms with Crippen LogP contribution in [0.3, 0.4) is 0 Å². The molecule has 4 fully saturated rings. The third-order valence-corrected chi connectivity index (χ3v) is 9.43. The van der Waals surface area contributed by atoms with Crippen molar-refractivity contribution in [2.24, 2.45) is 46.8 Å². The van der Waals surface area contributed by atoms with Crippen LogP contribution in [0.15, 0.2) is 0 Å². The van der Waals surface area contributed by atoms with Crippen LogP contribution in [0.2, 0.25) is 0 Å². The number of fused-ring (bicyclic) bond motifs is 3. The van der Waals surface area contributed by atoms with Crippen LogP contribution in [0.5, 0.6) is 0 Å². The van der Waals surface area contributed by atoms with Crippen molar-refractivity contribution >= 4 is 0 Å². The van der Waals surface area contributed by atoms with E-state index in [0.29, 0.717) is 5.41 Å². The maximum Gasteiger partial charge on any atom is -0.0298 e. The maximum absolute atomic E-state index is 2.65. The zero-order valence-electron chi connectivity index (χ0n) is 16.0. The standard InChI is InChI=1S/C23H40/c1-16-13-19(17(2)23(3)11-7-4-8-12-23)15-22-20-10-6-5-9-18(20)14-21(16)22/h16-22H,4-15H2,1-3H3. The van der Waals surface area contributed by atoms with E-state index in [9.17, 15) is 0 Å². The predicted molar refractivity (Wildman–Crippen MR) is 99.3 cm³/mol. The van der Waals surface area contributed by atoms with Gasteiger partial charge in [0.15, 0.2) is 0 Å². The first-order chi connectivity index (χ1) is 11.1. The third kappa shape index (κ3) is 2.91. The van der Waals surface area contributed by atoms with Crippen LogP contribution in [-0.2, 0) is 0 Å². The predicted octanol–water partition coefficient (Wildman–Crippen LogP) is 7.08. The lowest BCUT2D eigenvalue weighted by molar-refractivity contribution is 0.0153. The van der Waals surface area contributed by atoms with Crippen molar-refractivity contribution in [1.82, 2.24) is 0 Å². The molecule has 0 radical (unpaired) electrons. The lowest BCUT2D eigenvalue weighted by atomic mass is 9.57. The molecule has 0 heterocycles. The van der Waals surface area contributed by atoms with Gasteiger partial charge in [0.1, 0.15) is 0 Å². The molecule has 0 aromatic carbocycles. The van der Waals surface area contributed by atoms with E-state index < -0.39 is 0 Å². The Kier molecular flexibility index (Phi) is 4.57. The molecule has 4 aliphatic rings. The minimum absolute atomic E-state index is 0.667. The Hall–Kier alpha value is 0. The molecular formula is C23H40. The summed E-state index contributed by atoms with van der Waals surface area (Å²) < 4.78 is 0. The average molecular weight is 317 g/mol. The monoisotopic (exact) mass is 316 g/mol. The Morgan fingerprint density at radius 1 is 0.783 bits per heavy atom. The fourth-order valence-corrected chi connectivity index (χ4v) is 7.83. The third-order valence-electron chi connectivity index (χ3n) is 9.43. The summed E-state index contributed by atoms with van der Waals surface area (Å²) in [4.78, 5) is 0. The van der Waals surface area contributed by atoms with E-state index in [1.807, 2.05) is 0 Å². The molecule has 0 heteroatoms. The summed E-state index contributed by atoms with van der Waals surface area (Å²) in [5.41, 5.74) is 0.667. The van der Waals surface area contributed by atoms with Gasteiger partial charge in [-0.2, -0.15) is 0 Å². The van der Waals surface area contributed by atoms with E-state index >= 15 is 0 Å². The summed E-state index contributed by atoms with van der Waals surface area (Å²) in [7, 11) is 0. The van der Waals surface area contributed by atoms with E-state index in [1.54, 1.807) is 32.1 Å². The molecule has 0 aromatic heterocycles. The first kappa shape index (κ1) is 16.5. The van der Waals surface area contributed by atoms with E-state index in [2.05, 4.69) is 20.8 Å². The van der Waals surface area contributed by atoms with Crippen molar-refractivity contribution in [3.05, 3.63) is 0 Å². The molecular weight excluding hydrogens is 276 g/mol. The molecule has 4 saturated carbocycles. The van der Waals surface area contributed by atoms with Crippen LogP contribution in [-0.4, -0.2) is 0 Å². The van der Waals surface area contributed by atoms with Crippen LogP contribution in [0.4, 0.5) is 0 Å². The second-order valence-electron chi connectivity index (χ2n) is 10.5. The van der Waals surface area contributed by atoms with Crippen LogP contribution in [0, 0.1) is 46.8 Å². The fraction of sp³-hybridized carbons (Fsp3) is 1.00. The molecule has 4 aliphatic carbocycles. The highest BCUT2D eigenvalue weighted by Gasteiger charge is 2.50. The maximum atomic E-state index is 2.65. The van der Waals surface area contributed by atoms with Gasteiger partial charge in [0.2, 0.25) is 0 Å². The van der Waals surface area contributed by atoms with Crippen LogP contribution in [0.25, 0.3) is 0 Å². The van der Waals surface area contributed by atoms with Gasteiger partial charge in [-0.15, -0.1) is 0 Å². The quantitative estimate of drug-likeness (QED) is 0.510. The van der Waals surface area contributed by atoms with Gasteiger partial charge >= 0.3 is 0 Å². The Bertz CT molecular complexity index is 402. The number of hydrogen-bond donors (Lipinski definition) is 0. The van der Waals surface area contributed by atoms with Crippen molar-refractivity contribution in [3.8, 4) is 0 Å². The number of rotatable bonds is 2. The molecule has 0 N–H and O–H groups in total. The van der Waals surface area contributed by atoms with Crippen molar-refractivity contribution in [1.29, 1.82) is 0 Å². The Labute approximate surface area is 145 Å². The molecule has 0 amide bonds. The second kappa shape index (κ2) is 6.38. The highest BCUT2D eigenvalue weighted by molar-refractivity contribution is 5.00. The molecule has 7 unspecified atom stereocenters. The van der Waals surface area contributed by atoms with Gasteiger partial charge in [-0.25, -0.2) is 0 Å².